The van der Waals surface area contributed by atoms with Gasteiger partial charge in [-0.15, -0.1) is 0 Å². The lowest BCUT2D eigenvalue weighted by Gasteiger charge is -2.10. The first-order valence-electron chi connectivity index (χ1n) is 17.8. The Morgan fingerprint density at radius 1 is 0.566 bits per heavy atom. The van der Waals surface area contributed by atoms with Crippen molar-refractivity contribution in [2.24, 2.45) is 0 Å². The SMILES string of the molecule is C1=C=Cc2c(n(-c3ccc(-c4nc5c(-c6cccc(-c7ccccc7)c6)cc(-c6cccc(-c7ccccc7)c6)cc5o4)cc3)c3ccncc23)CC=1. The van der Waals surface area contributed by atoms with Gasteiger partial charge in [0.05, 0.1) is 5.52 Å². The summed E-state index contributed by atoms with van der Waals surface area (Å²) in [4.78, 5) is 9.59. The molecule has 6 aromatic carbocycles. The van der Waals surface area contributed by atoms with Gasteiger partial charge in [-0.2, -0.15) is 0 Å². The standard InChI is InChI=1S/C49H31N3O/c1-4-12-33(13-5-1)36-16-10-18-38(28-36)40-30-43(39-19-11-17-37(29-39)34-14-6-2-7-15-34)48-47(31-40)53-49(51-48)35-22-24-41(25-23-35)52-45-21-9-3-8-20-42(45)44-32-50-27-26-46(44)52/h1-2,4-7,9-20,22-32H,21H2. The van der Waals surface area contributed by atoms with Gasteiger partial charge < -0.3 is 8.98 Å². The van der Waals surface area contributed by atoms with Crippen LogP contribution in [0.4, 0.5) is 0 Å². The van der Waals surface area contributed by atoms with Crippen LogP contribution in [0.25, 0.3) is 89.7 Å². The van der Waals surface area contributed by atoms with Gasteiger partial charge in [0.15, 0.2) is 5.58 Å². The minimum Gasteiger partial charge on any atom is -0.436 e. The zero-order valence-corrected chi connectivity index (χ0v) is 28.7. The van der Waals surface area contributed by atoms with Crippen LogP contribution in [-0.2, 0) is 6.42 Å². The first-order chi connectivity index (χ1) is 26.3. The van der Waals surface area contributed by atoms with E-state index >= 15 is 0 Å². The topological polar surface area (TPSA) is 43.9 Å². The fourth-order valence-corrected chi connectivity index (χ4v) is 7.49. The Morgan fingerprint density at radius 2 is 1.23 bits per heavy atom. The van der Waals surface area contributed by atoms with Gasteiger partial charge in [0.25, 0.3) is 0 Å². The number of hydrogen-bond acceptors (Lipinski definition) is 3. The Morgan fingerprint density at radius 3 is 1.96 bits per heavy atom. The first kappa shape index (κ1) is 30.6. The molecule has 0 saturated carbocycles. The Labute approximate surface area is 307 Å². The molecule has 1 aliphatic carbocycles. The van der Waals surface area contributed by atoms with E-state index in [9.17, 15) is 0 Å². The second-order valence-corrected chi connectivity index (χ2v) is 13.3. The summed E-state index contributed by atoms with van der Waals surface area (Å²) in [6, 6.07) is 53.3. The van der Waals surface area contributed by atoms with Crippen LogP contribution in [0.1, 0.15) is 11.3 Å². The molecule has 0 bridgehead atoms. The van der Waals surface area contributed by atoms with Crippen molar-refractivity contribution in [3.8, 4) is 61.6 Å². The number of rotatable bonds is 6. The van der Waals surface area contributed by atoms with Crippen molar-refractivity contribution in [3.05, 3.63) is 193 Å². The molecule has 3 aromatic heterocycles. The van der Waals surface area contributed by atoms with Gasteiger partial charge in [-0.05, 0) is 106 Å². The number of nitrogens with zero attached hydrogens (tertiary/aromatic N) is 3. The van der Waals surface area contributed by atoms with Crippen molar-refractivity contribution < 1.29 is 4.42 Å². The van der Waals surface area contributed by atoms with Gasteiger partial charge in [-0.1, -0.05) is 109 Å². The molecule has 0 aliphatic heterocycles. The average molecular weight is 678 g/mol. The van der Waals surface area contributed by atoms with Crippen molar-refractivity contribution in [1.29, 1.82) is 0 Å². The minimum atomic E-state index is 0.581. The van der Waals surface area contributed by atoms with Gasteiger partial charge in [0, 0.05) is 52.3 Å². The third kappa shape index (κ3) is 5.53. The lowest BCUT2D eigenvalue weighted by molar-refractivity contribution is 0.620. The number of fused-ring (bicyclic) bond motifs is 4. The number of aromatic nitrogens is 3. The highest BCUT2D eigenvalue weighted by molar-refractivity contribution is 5.97. The first-order valence-corrected chi connectivity index (χ1v) is 17.8. The number of hydrogen-bond donors (Lipinski definition) is 0. The molecule has 0 N–H and O–H groups in total. The van der Waals surface area contributed by atoms with Crippen LogP contribution in [0, 0.1) is 0 Å². The van der Waals surface area contributed by atoms with Crippen LogP contribution < -0.4 is 0 Å². The molecule has 3 heterocycles. The molecule has 248 valence electrons. The predicted molar refractivity (Wildman–Crippen MR) is 216 cm³/mol. The fourth-order valence-electron chi connectivity index (χ4n) is 7.49. The van der Waals surface area contributed by atoms with Crippen molar-refractivity contribution in [2.45, 2.75) is 6.42 Å². The molecule has 0 fully saturated rings. The second kappa shape index (κ2) is 12.8. The second-order valence-electron chi connectivity index (χ2n) is 13.3. The van der Waals surface area contributed by atoms with Crippen LogP contribution >= 0.6 is 0 Å². The van der Waals surface area contributed by atoms with E-state index < -0.39 is 0 Å². The van der Waals surface area contributed by atoms with Crippen LogP contribution in [0.2, 0.25) is 0 Å². The summed E-state index contributed by atoms with van der Waals surface area (Å²) in [6.07, 6.45) is 8.56. The van der Waals surface area contributed by atoms with Gasteiger partial charge in [-0.25, -0.2) is 4.98 Å². The largest absolute Gasteiger partial charge is 0.436 e. The number of benzene rings is 6. The molecule has 1 aliphatic rings. The van der Waals surface area contributed by atoms with Crippen LogP contribution in [-0.4, -0.2) is 14.5 Å². The van der Waals surface area contributed by atoms with Crippen molar-refractivity contribution in [3.63, 3.8) is 0 Å². The highest BCUT2D eigenvalue weighted by atomic mass is 16.3. The number of allylic oxidation sites excluding steroid dienone is 1. The van der Waals surface area contributed by atoms with E-state index in [0.29, 0.717) is 5.89 Å². The summed E-state index contributed by atoms with van der Waals surface area (Å²) in [7, 11) is 0. The van der Waals surface area contributed by atoms with Crippen molar-refractivity contribution >= 4 is 28.1 Å². The molecule has 0 unspecified atom stereocenters. The summed E-state index contributed by atoms with van der Waals surface area (Å²) in [5.41, 5.74) is 22.2. The Kier molecular flexibility index (Phi) is 7.41. The molecule has 0 amide bonds. The van der Waals surface area contributed by atoms with Gasteiger partial charge in [0.1, 0.15) is 5.52 Å². The molecule has 0 radical (unpaired) electrons. The van der Waals surface area contributed by atoms with Crippen LogP contribution in [0.5, 0.6) is 0 Å². The molecule has 0 atom stereocenters. The van der Waals surface area contributed by atoms with E-state index in [1.165, 1.54) is 22.4 Å². The zero-order chi connectivity index (χ0) is 35.1. The molecule has 9 aromatic rings. The summed E-state index contributed by atoms with van der Waals surface area (Å²) in [5.74, 6) is 0.581. The maximum atomic E-state index is 6.66. The van der Waals surface area contributed by atoms with E-state index in [1.54, 1.807) is 0 Å². The Bertz CT molecular complexity index is 2920. The van der Waals surface area contributed by atoms with Gasteiger partial charge in [0.2, 0.25) is 5.89 Å². The highest BCUT2D eigenvalue weighted by Gasteiger charge is 2.19. The molecule has 10 rings (SSSR count). The summed E-state index contributed by atoms with van der Waals surface area (Å²) in [6.45, 7) is 0. The molecular weight excluding hydrogens is 647 g/mol. The Balaban J connectivity index is 1.10. The lowest BCUT2D eigenvalue weighted by atomic mass is 9.94. The quantitative estimate of drug-likeness (QED) is 0.165. The number of oxazole rings is 1. The zero-order valence-electron chi connectivity index (χ0n) is 28.7. The van der Waals surface area contributed by atoms with Gasteiger partial charge >= 0.3 is 0 Å². The van der Waals surface area contributed by atoms with E-state index in [2.05, 4.69) is 161 Å². The average Bonchev–Trinajstić information content (AvgIpc) is 3.71. The third-order valence-electron chi connectivity index (χ3n) is 10.1. The Hall–Kier alpha value is -7.22. The van der Waals surface area contributed by atoms with Crippen LogP contribution in [0.15, 0.2) is 186 Å². The van der Waals surface area contributed by atoms with E-state index in [4.69, 9.17) is 9.40 Å². The van der Waals surface area contributed by atoms with Crippen molar-refractivity contribution in [1.82, 2.24) is 14.5 Å². The van der Waals surface area contributed by atoms with Gasteiger partial charge in [-0.3, -0.25) is 4.98 Å². The molecule has 4 heteroatoms. The highest BCUT2D eigenvalue weighted by Crippen LogP contribution is 2.39. The minimum absolute atomic E-state index is 0.581. The lowest BCUT2D eigenvalue weighted by Crippen LogP contribution is -2.00. The van der Waals surface area contributed by atoms with E-state index in [0.717, 1.165) is 73.1 Å². The predicted octanol–water partition coefficient (Wildman–Crippen LogP) is 12.4. The maximum Gasteiger partial charge on any atom is 0.227 e. The summed E-state index contributed by atoms with van der Waals surface area (Å²) >= 11 is 0. The molecule has 0 spiro atoms. The smallest absolute Gasteiger partial charge is 0.227 e. The molecule has 4 nitrogen and oxygen atoms in total. The number of pyridine rings is 1. The third-order valence-corrected chi connectivity index (χ3v) is 10.1. The monoisotopic (exact) mass is 677 g/mol. The summed E-state index contributed by atoms with van der Waals surface area (Å²) in [5, 5.41) is 1.10. The van der Waals surface area contributed by atoms with Crippen LogP contribution in [0.3, 0.4) is 0 Å². The maximum absolute atomic E-state index is 6.66. The normalized spacial score (nSPS) is 12.0. The molecular formula is C49H31N3O. The fraction of sp³-hybridized carbons (Fsp3) is 0.0204. The van der Waals surface area contributed by atoms with E-state index in [-0.39, 0.29) is 0 Å². The van der Waals surface area contributed by atoms with E-state index in [1.807, 2.05) is 36.7 Å². The molecule has 53 heavy (non-hydrogen) atoms. The molecule has 0 saturated heterocycles. The summed E-state index contributed by atoms with van der Waals surface area (Å²) < 4.78 is 8.97. The van der Waals surface area contributed by atoms with Crippen molar-refractivity contribution in [2.75, 3.05) is 0 Å².